The third-order valence-electron chi connectivity index (χ3n) is 7.43. The van der Waals surface area contributed by atoms with Gasteiger partial charge in [0.1, 0.15) is 13.2 Å². The van der Waals surface area contributed by atoms with Crippen LogP contribution in [0.15, 0.2) is 54.9 Å². The van der Waals surface area contributed by atoms with Gasteiger partial charge in [-0.3, -0.25) is 4.79 Å². The summed E-state index contributed by atoms with van der Waals surface area (Å²) < 4.78 is 11.8. The van der Waals surface area contributed by atoms with Crippen molar-refractivity contribution in [2.75, 3.05) is 19.8 Å². The van der Waals surface area contributed by atoms with Crippen LogP contribution in [0.25, 0.3) is 11.4 Å². The Labute approximate surface area is 193 Å². The molecular weight excluding hydrogens is 414 g/mol. The van der Waals surface area contributed by atoms with Gasteiger partial charge < -0.3 is 14.4 Å². The van der Waals surface area contributed by atoms with Crippen molar-refractivity contribution in [1.29, 1.82) is 0 Å². The fourth-order valence-electron chi connectivity index (χ4n) is 5.69. The van der Waals surface area contributed by atoms with Gasteiger partial charge in [0.15, 0.2) is 17.3 Å². The molecule has 1 saturated carbocycles. The number of nitrogens with zero attached hydrogens (tertiary/aromatic N) is 3. The van der Waals surface area contributed by atoms with Gasteiger partial charge in [-0.1, -0.05) is 43.2 Å². The molecule has 1 aromatic heterocycles. The van der Waals surface area contributed by atoms with Gasteiger partial charge in [0.2, 0.25) is 0 Å². The monoisotopic (exact) mass is 441 g/mol. The second kappa shape index (κ2) is 7.87. The predicted molar refractivity (Wildman–Crippen MR) is 124 cm³/mol. The van der Waals surface area contributed by atoms with Gasteiger partial charge in [-0.05, 0) is 43.0 Å². The molecule has 168 valence electrons. The Morgan fingerprint density at radius 1 is 1.00 bits per heavy atom. The minimum Gasteiger partial charge on any atom is -0.486 e. The molecular formula is C27H27N3O3. The molecule has 33 heavy (non-hydrogen) atoms. The van der Waals surface area contributed by atoms with Crippen LogP contribution in [0.2, 0.25) is 0 Å². The number of hydrogen-bond donors (Lipinski definition) is 0. The largest absolute Gasteiger partial charge is 0.486 e. The van der Waals surface area contributed by atoms with Crippen LogP contribution in [0, 0.1) is 0 Å². The summed E-state index contributed by atoms with van der Waals surface area (Å²) in [6.07, 6.45) is 7.84. The van der Waals surface area contributed by atoms with Gasteiger partial charge in [0, 0.05) is 29.9 Å². The number of benzene rings is 2. The summed E-state index contributed by atoms with van der Waals surface area (Å²) in [7, 11) is 0. The summed E-state index contributed by atoms with van der Waals surface area (Å²) >= 11 is 0. The number of aromatic nitrogens is 2. The van der Waals surface area contributed by atoms with Gasteiger partial charge in [0.05, 0.1) is 11.6 Å². The normalized spacial score (nSPS) is 20.5. The quantitative estimate of drug-likeness (QED) is 0.563. The van der Waals surface area contributed by atoms with Crippen molar-refractivity contribution in [3.63, 3.8) is 0 Å². The summed E-state index contributed by atoms with van der Waals surface area (Å²) in [5, 5.41) is 0. The first-order valence-electron chi connectivity index (χ1n) is 11.8. The molecule has 1 spiro atoms. The van der Waals surface area contributed by atoms with E-state index in [-0.39, 0.29) is 17.4 Å². The highest BCUT2D eigenvalue weighted by Crippen LogP contribution is 2.52. The molecule has 1 amide bonds. The summed E-state index contributed by atoms with van der Waals surface area (Å²) in [5.74, 6) is 2.22. The van der Waals surface area contributed by atoms with Crippen LogP contribution in [-0.2, 0) is 5.41 Å². The second-order valence-electron chi connectivity index (χ2n) is 9.34. The van der Waals surface area contributed by atoms with Crippen molar-refractivity contribution in [2.45, 2.75) is 44.1 Å². The fraction of sp³-hybridized carbons (Fsp3) is 0.370. The Morgan fingerprint density at radius 2 is 1.67 bits per heavy atom. The van der Waals surface area contributed by atoms with Crippen LogP contribution in [-0.4, -0.2) is 40.5 Å². The SMILES string of the molecule is CC1c2cc3c(cc2C2(CCCC2)CN1C(=O)c1cnc(-c2ccccc2)nc1)OCCO3. The van der Waals surface area contributed by atoms with Gasteiger partial charge in [0.25, 0.3) is 5.91 Å². The minimum atomic E-state index is -0.0663. The van der Waals surface area contributed by atoms with Crippen LogP contribution < -0.4 is 9.47 Å². The third-order valence-corrected chi connectivity index (χ3v) is 7.43. The van der Waals surface area contributed by atoms with Crippen LogP contribution in [0.3, 0.4) is 0 Å². The van der Waals surface area contributed by atoms with Crippen LogP contribution in [0.4, 0.5) is 0 Å². The Bertz CT molecular complexity index is 1190. The first-order chi connectivity index (χ1) is 16.1. The summed E-state index contributed by atoms with van der Waals surface area (Å²) in [4.78, 5) is 24.7. The van der Waals surface area contributed by atoms with Gasteiger partial charge in [-0.25, -0.2) is 9.97 Å². The minimum absolute atomic E-state index is 0.0195. The second-order valence-corrected chi connectivity index (χ2v) is 9.34. The van der Waals surface area contributed by atoms with E-state index in [4.69, 9.17) is 9.47 Å². The molecule has 1 fully saturated rings. The van der Waals surface area contributed by atoms with E-state index in [1.807, 2.05) is 35.2 Å². The lowest BCUT2D eigenvalue weighted by atomic mass is 9.71. The predicted octanol–water partition coefficient (Wildman–Crippen LogP) is 4.94. The highest BCUT2D eigenvalue weighted by atomic mass is 16.6. The number of hydrogen-bond acceptors (Lipinski definition) is 5. The van der Waals surface area contributed by atoms with E-state index in [1.54, 1.807) is 12.4 Å². The molecule has 3 aromatic rings. The number of rotatable bonds is 2. The Balaban J connectivity index is 1.36. The molecule has 0 saturated heterocycles. The molecule has 1 aliphatic carbocycles. The zero-order valence-corrected chi connectivity index (χ0v) is 18.8. The molecule has 1 atom stereocenters. The maximum Gasteiger partial charge on any atom is 0.257 e. The van der Waals surface area contributed by atoms with Gasteiger partial charge in [-0.15, -0.1) is 0 Å². The zero-order chi connectivity index (χ0) is 22.4. The molecule has 2 aromatic carbocycles. The number of carbonyl (C=O) groups excluding carboxylic acids is 1. The van der Waals surface area contributed by atoms with E-state index in [1.165, 1.54) is 24.0 Å². The fourth-order valence-corrected chi connectivity index (χ4v) is 5.69. The molecule has 2 aliphatic heterocycles. The summed E-state index contributed by atoms with van der Waals surface area (Å²) in [5.41, 5.74) is 3.93. The van der Waals surface area contributed by atoms with E-state index in [0.29, 0.717) is 31.1 Å². The molecule has 0 N–H and O–H groups in total. The zero-order valence-electron chi connectivity index (χ0n) is 18.8. The highest BCUT2D eigenvalue weighted by molar-refractivity contribution is 5.94. The van der Waals surface area contributed by atoms with Crippen molar-refractivity contribution in [3.8, 4) is 22.9 Å². The number of amides is 1. The molecule has 3 aliphatic rings. The molecule has 6 heteroatoms. The average Bonchev–Trinajstić information content (AvgIpc) is 3.35. The van der Waals surface area contributed by atoms with Crippen molar-refractivity contribution < 1.29 is 14.3 Å². The van der Waals surface area contributed by atoms with Crippen molar-refractivity contribution in [3.05, 3.63) is 71.5 Å². The van der Waals surface area contributed by atoms with E-state index in [0.717, 1.165) is 29.9 Å². The smallest absolute Gasteiger partial charge is 0.257 e. The number of ether oxygens (including phenoxy) is 2. The van der Waals surface area contributed by atoms with Crippen molar-refractivity contribution in [2.24, 2.45) is 0 Å². The van der Waals surface area contributed by atoms with Crippen LogP contribution in [0.5, 0.6) is 11.5 Å². The van der Waals surface area contributed by atoms with Crippen molar-refractivity contribution in [1.82, 2.24) is 14.9 Å². The third kappa shape index (κ3) is 3.36. The Hall–Kier alpha value is -3.41. The van der Waals surface area contributed by atoms with Gasteiger partial charge in [-0.2, -0.15) is 0 Å². The summed E-state index contributed by atoms with van der Waals surface area (Å²) in [6, 6.07) is 14.0. The standard InChI is InChI=1S/C27H27N3O3/c1-18-21-13-23-24(33-12-11-32-23)14-22(21)27(9-5-6-10-27)17-30(18)26(31)20-15-28-25(29-16-20)19-7-3-2-4-8-19/h2-4,7-8,13-16,18H,5-6,9-12,17H2,1H3. The lowest BCUT2D eigenvalue weighted by molar-refractivity contribution is 0.0592. The first-order valence-corrected chi connectivity index (χ1v) is 11.8. The van der Waals surface area contributed by atoms with E-state index < -0.39 is 0 Å². The highest BCUT2D eigenvalue weighted by Gasteiger charge is 2.46. The molecule has 1 unspecified atom stereocenters. The van der Waals surface area contributed by atoms with Crippen LogP contribution in [0.1, 0.15) is 60.1 Å². The Morgan fingerprint density at radius 3 is 2.36 bits per heavy atom. The maximum atomic E-state index is 13.7. The first kappa shape index (κ1) is 20.2. The van der Waals surface area contributed by atoms with E-state index >= 15 is 0 Å². The average molecular weight is 442 g/mol. The molecule has 6 rings (SSSR count). The van der Waals surface area contributed by atoms with Gasteiger partial charge >= 0.3 is 0 Å². The maximum absolute atomic E-state index is 13.7. The van der Waals surface area contributed by atoms with E-state index in [2.05, 4.69) is 29.0 Å². The van der Waals surface area contributed by atoms with E-state index in [9.17, 15) is 4.79 Å². The summed E-state index contributed by atoms with van der Waals surface area (Å²) in [6.45, 7) is 3.95. The number of fused-ring (bicyclic) bond motifs is 3. The molecule has 6 nitrogen and oxygen atoms in total. The lowest BCUT2D eigenvalue weighted by Crippen LogP contribution is -2.48. The topological polar surface area (TPSA) is 64.6 Å². The molecule has 3 heterocycles. The molecule has 0 bridgehead atoms. The Kier molecular flexibility index (Phi) is 4.82. The number of carbonyl (C=O) groups is 1. The lowest BCUT2D eigenvalue weighted by Gasteiger charge is -2.46. The molecule has 0 radical (unpaired) electrons. The van der Waals surface area contributed by atoms with Crippen molar-refractivity contribution >= 4 is 5.91 Å². The van der Waals surface area contributed by atoms with Crippen LogP contribution >= 0.6 is 0 Å².